The van der Waals surface area contributed by atoms with Gasteiger partial charge in [0.2, 0.25) is 5.91 Å². The number of halogens is 1. The summed E-state index contributed by atoms with van der Waals surface area (Å²) in [6.45, 7) is 5.87. The first-order valence-corrected chi connectivity index (χ1v) is 10.7. The molecule has 2 aromatic carbocycles. The predicted molar refractivity (Wildman–Crippen MR) is 122 cm³/mol. The molecule has 0 spiro atoms. The predicted octanol–water partition coefficient (Wildman–Crippen LogP) is 4.59. The van der Waals surface area contributed by atoms with Crippen LogP contribution in [0.4, 0.5) is 0 Å². The Balaban J connectivity index is 1.43. The Morgan fingerprint density at radius 2 is 1.88 bits per heavy atom. The second-order valence-corrected chi connectivity index (χ2v) is 8.09. The Morgan fingerprint density at radius 1 is 1.12 bits per heavy atom. The SMILES string of the molecule is Cc1ccc(C(C)C)c(OCC(=O)NNC(=O)CCc2ncc(-c3ccccc3Cl)o2)c1. The van der Waals surface area contributed by atoms with Gasteiger partial charge in [0, 0.05) is 18.4 Å². The summed E-state index contributed by atoms with van der Waals surface area (Å²) < 4.78 is 11.3. The van der Waals surface area contributed by atoms with Crippen LogP contribution in [0.1, 0.15) is 43.2 Å². The normalized spacial score (nSPS) is 10.8. The molecule has 1 aromatic heterocycles. The van der Waals surface area contributed by atoms with Crippen LogP contribution in [0.25, 0.3) is 11.3 Å². The number of rotatable bonds is 8. The molecule has 7 nitrogen and oxygen atoms in total. The monoisotopic (exact) mass is 455 g/mol. The molecule has 0 radical (unpaired) electrons. The lowest BCUT2D eigenvalue weighted by Gasteiger charge is -2.15. The second kappa shape index (κ2) is 10.8. The van der Waals surface area contributed by atoms with Gasteiger partial charge in [-0.15, -0.1) is 0 Å². The first-order chi connectivity index (χ1) is 15.3. The molecular weight excluding hydrogens is 430 g/mol. The summed E-state index contributed by atoms with van der Waals surface area (Å²) >= 11 is 6.16. The van der Waals surface area contributed by atoms with Crippen LogP contribution in [0.15, 0.2) is 53.1 Å². The maximum absolute atomic E-state index is 12.1. The highest BCUT2D eigenvalue weighted by Gasteiger charge is 2.13. The zero-order valence-electron chi connectivity index (χ0n) is 18.3. The molecule has 2 amide bonds. The largest absolute Gasteiger partial charge is 0.483 e. The standard InChI is InChI=1S/C24H26ClN3O4/c1-15(2)17-9-8-16(3)12-20(17)31-14-23(30)28-27-22(29)10-11-24-26-13-21(32-24)18-6-4-5-7-19(18)25/h4-9,12-13,15H,10-11,14H2,1-3H3,(H,27,29)(H,28,30). The lowest BCUT2D eigenvalue weighted by molar-refractivity contribution is -0.130. The van der Waals surface area contributed by atoms with Gasteiger partial charge in [0.15, 0.2) is 18.3 Å². The number of aryl methyl sites for hydroxylation is 2. The molecule has 0 unspecified atom stereocenters. The van der Waals surface area contributed by atoms with E-state index < -0.39 is 5.91 Å². The Kier molecular flexibility index (Phi) is 7.89. The lowest BCUT2D eigenvalue weighted by Crippen LogP contribution is -2.43. The quantitative estimate of drug-likeness (QED) is 0.485. The fourth-order valence-electron chi connectivity index (χ4n) is 3.06. The van der Waals surface area contributed by atoms with Crippen LogP contribution in [0.5, 0.6) is 5.75 Å². The summed E-state index contributed by atoms with van der Waals surface area (Å²) in [5.74, 6) is 1.06. The van der Waals surface area contributed by atoms with Gasteiger partial charge >= 0.3 is 0 Å². The number of nitrogens with one attached hydrogen (secondary N) is 2. The molecule has 8 heteroatoms. The summed E-state index contributed by atoms with van der Waals surface area (Å²) in [6.07, 6.45) is 1.95. The van der Waals surface area contributed by atoms with Crippen LogP contribution in [-0.2, 0) is 16.0 Å². The number of nitrogens with zero attached hydrogens (tertiary/aromatic N) is 1. The van der Waals surface area contributed by atoms with Crippen LogP contribution in [0.2, 0.25) is 5.02 Å². The van der Waals surface area contributed by atoms with Crippen LogP contribution in [0.3, 0.4) is 0 Å². The minimum Gasteiger partial charge on any atom is -0.483 e. The number of amides is 2. The third kappa shape index (κ3) is 6.34. The van der Waals surface area contributed by atoms with E-state index in [1.54, 1.807) is 12.3 Å². The van der Waals surface area contributed by atoms with Crippen LogP contribution >= 0.6 is 11.6 Å². The van der Waals surface area contributed by atoms with Crippen molar-refractivity contribution in [2.45, 2.75) is 39.5 Å². The molecule has 168 valence electrons. The van der Waals surface area contributed by atoms with Crippen molar-refractivity contribution in [2.24, 2.45) is 0 Å². The van der Waals surface area contributed by atoms with Crippen molar-refractivity contribution >= 4 is 23.4 Å². The topological polar surface area (TPSA) is 93.5 Å². The average molecular weight is 456 g/mol. The number of hydrogen-bond donors (Lipinski definition) is 2. The molecule has 0 aliphatic carbocycles. The van der Waals surface area contributed by atoms with E-state index in [1.165, 1.54) is 0 Å². The Hall–Kier alpha value is -3.32. The van der Waals surface area contributed by atoms with Gasteiger partial charge in [0.25, 0.3) is 5.91 Å². The zero-order valence-corrected chi connectivity index (χ0v) is 19.0. The van der Waals surface area contributed by atoms with Gasteiger partial charge in [-0.2, -0.15) is 0 Å². The molecule has 0 atom stereocenters. The molecule has 3 rings (SSSR count). The van der Waals surface area contributed by atoms with Crippen molar-refractivity contribution in [3.05, 3.63) is 70.7 Å². The van der Waals surface area contributed by atoms with Crippen LogP contribution in [-0.4, -0.2) is 23.4 Å². The number of hydrogen-bond acceptors (Lipinski definition) is 5. The highest BCUT2D eigenvalue weighted by molar-refractivity contribution is 6.33. The van der Waals surface area contributed by atoms with Crippen molar-refractivity contribution in [1.82, 2.24) is 15.8 Å². The number of hydrazine groups is 1. The van der Waals surface area contributed by atoms with Gasteiger partial charge in [0.05, 0.1) is 11.2 Å². The molecule has 0 aliphatic rings. The molecule has 0 aliphatic heterocycles. The number of benzene rings is 2. The highest BCUT2D eigenvalue weighted by Crippen LogP contribution is 2.28. The van der Waals surface area contributed by atoms with Crippen LogP contribution < -0.4 is 15.6 Å². The molecular formula is C24H26ClN3O4. The van der Waals surface area contributed by atoms with Gasteiger partial charge in [0.1, 0.15) is 5.75 Å². The zero-order chi connectivity index (χ0) is 23.1. The van der Waals surface area contributed by atoms with Gasteiger partial charge in [-0.05, 0) is 42.2 Å². The highest BCUT2D eigenvalue weighted by atomic mass is 35.5. The van der Waals surface area contributed by atoms with Crippen molar-refractivity contribution < 1.29 is 18.7 Å². The Morgan fingerprint density at radius 3 is 2.62 bits per heavy atom. The van der Waals surface area contributed by atoms with Crippen molar-refractivity contribution in [3.8, 4) is 17.1 Å². The van der Waals surface area contributed by atoms with E-state index in [0.29, 0.717) is 22.4 Å². The average Bonchev–Trinajstić information content (AvgIpc) is 3.23. The lowest BCUT2D eigenvalue weighted by atomic mass is 10.0. The second-order valence-electron chi connectivity index (χ2n) is 7.68. The summed E-state index contributed by atoms with van der Waals surface area (Å²) in [7, 11) is 0. The number of aromatic nitrogens is 1. The molecule has 2 N–H and O–H groups in total. The van der Waals surface area contributed by atoms with E-state index in [9.17, 15) is 9.59 Å². The third-order valence-corrected chi connectivity index (χ3v) is 5.08. The van der Waals surface area contributed by atoms with E-state index in [0.717, 1.165) is 16.7 Å². The third-order valence-electron chi connectivity index (χ3n) is 4.75. The van der Waals surface area contributed by atoms with E-state index >= 15 is 0 Å². The number of ether oxygens (including phenoxy) is 1. The van der Waals surface area contributed by atoms with Crippen molar-refractivity contribution in [2.75, 3.05) is 6.61 Å². The fourth-order valence-corrected chi connectivity index (χ4v) is 3.29. The molecule has 32 heavy (non-hydrogen) atoms. The number of oxazole rings is 1. The number of carbonyl (C=O) groups is 2. The Bertz CT molecular complexity index is 1090. The van der Waals surface area contributed by atoms with E-state index in [1.807, 2.05) is 43.3 Å². The minimum atomic E-state index is -0.452. The first-order valence-electron chi connectivity index (χ1n) is 10.3. The smallest absolute Gasteiger partial charge is 0.276 e. The maximum Gasteiger partial charge on any atom is 0.276 e. The minimum absolute atomic E-state index is 0.0962. The fraction of sp³-hybridized carbons (Fsp3) is 0.292. The molecule has 0 fully saturated rings. The van der Waals surface area contributed by atoms with Gasteiger partial charge in [-0.25, -0.2) is 4.98 Å². The molecule has 3 aromatic rings. The molecule has 0 saturated heterocycles. The summed E-state index contributed by atoms with van der Waals surface area (Å²) in [5, 5.41) is 0.559. The van der Waals surface area contributed by atoms with E-state index in [4.69, 9.17) is 20.8 Å². The molecule has 0 bridgehead atoms. The molecule has 1 heterocycles. The summed E-state index contributed by atoms with van der Waals surface area (Å²) in [6, 6.07) is 13.2. The van der Waals surface area contributed by atoms with Gasteiger partial charge < -0.3 is 9.15 Å². The van der Waals surface area contributed by atoms with Gasteiger partial charge in [-0.3, -0.25) is 20.4 Å². The maximum atomic E-state index is 12.1. The van der Waals surface area contributed by atoms with Gasteiger partial charge in [-0.1, -0.05) is 49.7 Å². The summed E-state index contributed by atoms with van der Waals surface area (Å²) in [4.78, 5) is 28.3. The van der Waals surface area contributed by atoms with Crippen molar-refractivity contribution in [1.29, 1.82) is 0 Å². The first kappa shape index (κ1) is 23.3. The Labute approximate surface area is 192 Å². The van der Waals surface area contributed by atoms with E-state index in [2.05, 4.69) is 29.7 Å². The van der Waals surface area contributed by atoms with Crippen molar-refractivity contribution in [3.63, 3.8) is 0 Å². The summed E-state index contributed by atoms with van der Waals surface area (Å²) in [5.41, 5.74) is 7.54. The number of carbonyl (C=O) groups excluding carboxylic acids is 2. The van der Waals surface area contributed by atoms with E-state index in [-0.39, 0.29) is 31.3 Å². The van der Waals surface area contributed by atoms with Crippen LogP contribution in [0, 0.1) is 6.92 Å². The molecule has 0 saturated carbocycles.